The molecule has 2 atom stereocenters. The molecular formula is C17H23NS. The lowest BCUT2D eigenvalue weighted by atomic mass is 9.80. The third kappa shape index (κ3) is 2.44. The number of benzene rings is 1. The van der Waals surface area contributed by atoms with Crippen molar-refractivity contribution < 1.29 is 0 Å². The van der Waals surface area contributed by atoms with Gasteiger partial charge in [-0.1, -0.05) is 24.6 Å². The lowest BCUT2D eigenvalue weighted by molar-refractivity contribution is 0.230. The van der Waals surface area contributed by atoms with Crippen molar-refractivity contribution >= 4 is 21.4 Å². The molecule has 1 N–H and O–H groups in total. The highest BCUT2D eigenvalue weighted by molar-refractivity contribution is 7.19. The molecular weight excluding hydrogens is 250 g/mol. The maximum Gasteiger partial charge on any atom is 0.0391 e. The van der Waals surface area contributed by atoms with E-state index in [0.29, 0.717) is 12.1 Å². The van der Waals surface area contributed by atoms with Crippen LogP contribution in [0.4, 0.5) is 0 Å². The highest BCUT2D eigenvalue weighted by Gasteiger charge is 2.25. The van der Waals surface area contributed by atoms with Gasteiger partial charge in [-0.25, -0.2) is 0 Å². The van der Waals surface area contributed by atoms with E-state index in [-0.39, 0.29) is 0 Å². The molecule has 0 spiro atoms. The van der Waals surface area contributed by atoms with Crippen molar-refractivity contribution in [2.75, 3.05) is 0 Å². The van der Waals surface area contributed by atoms with Gasteiger partial charge in [0.1, 0.15) is 0 Å². The fourth-order valence-corrected chi connectivity index (χ4v) is 4.37. The number of nitrogens with one attached hydrogen (secondary N) is 1. The van der Waals surface area contributed by atoms with E-state index in [1.54, 1.807) is 0 Å². The predicted octanol–water partition coefficient (Wildman–Crippen LogP) is 5.05. The quantitative estimate of drug-likeness (QED) is 0.822. The van der Waals surface area contributed by atoms with Gasteiger partial charge in [0, 0.05) is 21.7 Å². The van der Waals surface area contributed by atoms with Gasteiger partial charge in [-0.05, 0) is 56.5 Å². The fraction of sp³-hybridized carbons (Fsp3) is 0.529. The zero-order valence-corrected chi connectivity index (χ0v) is 12.9. The van der Waals surface area contributed by atoms with Gasteiger partial charge >= 0.3 is 0 Å². The zero-order valence-electron chi connectivity index (χ0n) is 12.1. The molecule has 0 bridgehead atoms. The molecule has 0 aliphatic heterocycles. The first-order valence-corrected chi connectivity index (χ1v) is 8.22. The van der Waals surface area contributed by atoms with E-state index in [1.807, 2.05) is 11.3 Å². The lowest BCUT2D eigenvalue weighted by Crippen LogP contribution is -2.38. The lowest BCUT2D eigenvalue weighted by Gasteiger charge is -2.33. The second-order valence-corrected chi connectivity index (χ2v) is 7.04. The summed E-state index contributed by atoms with van der Waals surface area (Å²) in [6.45, 7) is 6.93. The fourth-order valence-electron chi connectivity index (χ4n) is 3.15. The Balaban J connectivity index is 1.80. The number of hydrogen-bond donors (Lipinski definition) is 1. The van der Waals surface area contributed by atoms with Crippen molar-refractivity contribution in [3.8, 4) is 0 Å². The van der Waals surface area contributed by atoms with E-state index in [2.05, 4.69) is 50.4 Å². The van der Waals surface area contributed by atoms with Gasteiger partial charge in [0.05, 0.1) is 0 Å². The highest BCUT2D eigenvalue weighted by Crippen LogP contribution is 2.36. The summed E-state index contributed by atoms with van der Waals surface area (Å²) >= 11 is 1.95. The van der Waals surface area contributed by atoms with Crippen molar-refractivity contribution in [3.05, 3.63) is 34.7 Å². The zero-order chi connectivity index (χ0) is 13.4. The summed E-state index contributed by atoms with van der Waals surface area (Å²) in [5.74, 6) is 0.900. The first-order chi connectivity index (χ1) is 9.16. The van der Waals surface area contributed by atoms with Crippen LogP contribution in [-0.2, 0) is 0 Å². The van der Waals surface area contributed by atoms with E-state index in [9.17, 15) is 0 Å². The molecule has 2 unspecified atom stereocenters. The summed E-state index contributed by atoms with van der Waals surface area (Å²) in [7, 11) is 0. The second kappa shape index (κ2) is 5.26. The van der Waals surface area contributed by atoms with Crippen LogP contribution in [0.5, 0.6) is 0 Å². The normalized spacial score (nSPS) is 19.3. The van der Waals surface area contributed by atoms with Gasteiger partial charge < -0.3 is 5.32 Å². The summed E-state index contributed by atoms with van der Waals surface area (Å²) in [6.07, 6.45) is 4.24. The summed E-state index contributed by atoms with van der Waals surface area (Å²) in [4.78, 5) is 1.51. The number of aryl methyl sites for hydroxylation is 1. The van der Waals surface area contributed by atoms with Gasteiger partial charge in [-0.15, -0.1) is 11.3 Å². The Hall–Kier alpha value is -0.860. The van der Waals surface area contributed by atoms with Crippen LogP contribution in [0.3, 0.4) is 0 Å². The minimum atomic E-state index is 0.466. The average Bonchev–Trinajstić information content (AvgIpc) is 2.65. The smallest absolute Gasteiger partial charge is 0.0391 e. The molecule has 1 heterocycles. The molecule has 1 aliphatic rings. The average molecular weight is 273 g/mol. The molecule has 3 rings (SSSR count). The molecule has 1 nitrogen and oxygen atoms in total. The van der Waals surface area contributed by atoms with E-state index in [0.717, 1.165) is 5.92 Å². The Labute approximate surface area is 120 Å². The molecule has 102 valence electrons. The van der Waals surface area contributed by atoms with Crippen LogP contribution in [0, 0.1) is 12.8 Å². The Morgan fingerprint density at radius 1 is 1.21 bits per heavy atom. The van der Waals surface area contributed by atoms with Gasteiger partial charge in [0.2, 0.25) is 0 Å². The van der Waals surface area contributed by atoms with Gasteiger partial charge in [0.25, 0.3) is 0 Å². The maximum absolute atomic E-state index is 3.81. The molecule has 1 fully saturated rings. The largest absolute Gasteiger partial charge is 0.307 e. The Morgan fingerprint density at radius 2 is 1.95 bits per heavy atom. The van der Waals surface area contributed by atoms with Gasteiger partial charge in [0.15, 0.2) is 0 Å². The molecule has 0 saturated heterocycles. The predicted molar refractivity (Wildman–Crippen MR) is 84.9 cm³/mol. The summed E-state index contributed by atoms with van der Waals surface area (Å²) in [5.41, 5.74) is 1.46. The molecule has 1 saturated carbocycles. The van der Waals surface area contributed by atoms with Crippen LogP contribution in [0.15, 0.2) is 24.3 Å². The maximum atomic E-state index is 3.81. The third-order valence-corrected chi connectivity index (χ3v) is 6.10. The molecule has 1 aromatic heterocycles. The molecule has 2 aromatic rings. The van der Waals surface area contributed by atoms with Crippen molar-refractivity contribution in [2.24, 2.45) is 5.92 Å². The number of rotatable bonds is 4. The number of fused-ring (bicyclic) bond motifs is 1. The molecule has 0 amide bonds. The van der Waals surface area contributed by atoms with Crippen LogP contribution >= 0.6 is 11.3 Å². The summed E-state index contributed by atoms with van der Waals surface area (Å²) < 4.78 is 1.42. The van der Waals surface area contributed by atoms with Gasteiger partial charge in [-0.2, -0.15) is 0 Å². The summed E-state index contributed by atoms with van der Waals surface area (Å²) in [5, 5.41) is 5.23. The van der Waals surface area contributed by atoms with Crippen molar-refractivity contribution in [3.63, 3.8) is 0 Å². The minimum Gasteiger partial charge on any atom is -0.307 e. The standard InChI is InChI=1S/C17H23NS/c1-11-15-9-4-5-10-16(15)19-17(11)13(3)18-12(2)14-7-6-8-14/h4-5,9-10,12-14,18H,6-8H2,1-3H3. The van der Waals surface area contributed by atoms with E-state index < -0.39 is 0 Å². The van der Waals surface area contributed by atoms with Crippen LogP contribution in [0.2, 0.25) is 0 Å². The monoisotopic (exact) mass is 273 g/mol. The highest BCUT2D eigenvalue weighted by atomic mass is 32.1. The Morgan fingerprint density at radius 3 is 2.58 bits per heavy atom. The first-order valence-electron chi connectivity index (χ1n) is 7.41. The SMILES string of the molecule is Cc1c(C(C)NC(C)C2CCC2)sc2ccccc12. The molecule has 2 heteroatoms. The van der Waals surface area contributed by atoms with Crippen LogP contribution in [-0.4, -0.2) is 6.04 Å². The molecule has 19 heavy (non-hydrogen) atoms. The topological polar surface area (TPSA) is 12.0 Å². The second-order valence-electron chi connectivity index (χ2n) is 5.96. The number of hydrogen-bond acceptors (Lipinski definition) is 2. The molecule has 1 aromatic carbocycles. The first kappa shape index (κ1) is 13.1. The van der Waals surface area contributed by atoms with Gasteiger partial charge in [-0.3, -0.25) is 0 Å². The van der Waals surface area contributed by atoms with Crippen LogP contribution in [0.1, 0.15) is 49.6 Å². The molecule has 0 radical (unpaired) electrons. The Bertz CT molecular complexity index is 568. The number of thiophene rings is 1. The van der Waals surface area contributed by atoms with Crippen molar-refractivity contribution in [1.29, 1.82) is 0 Å². The Kier molecular flexibility index (Phi) is 3.64. The van der Waals surface area contributed by atoms with Crippen LogP contribution < -0.4 is 5.32 Å². The summed E-state index contributed by atoms with van der Waals surface area (Å²) in [6, 6.07) is 9.87. The van der Waals surface area contributed by atoms with E-state index in [4.69, 9.17) is 0 Å². The van der Waals surface area contributed by atoms with Crippen molar-refractivity contribution in [1.82, 2.24) is 5.32 Å². The van der Waals surface area contributed by atoms with E-state index in [1.165, 1.54) is 39.8 Å². The minimum absolute atomic E-state index is 0.466. The molecule has 1 aliphatic carbocycles. The van der Waals surface area contributed by atoms with E-state index >= 15 is 0 Å². The van der Waals surface area contributed by atoms with Crippen LogP contribution in [0.25, 0.3) is 10.1 Å². The third-order valence-electron chi connectivity index (χ3n) is 4.64. The van der Waals surface area contributed by atoms with Crippen molar-refractivity contribution in [2.45, 2.75) is 52.1 Å².